The van der Waals surface area contributed by atoms with Crippen molar-refractivity contribution in [2.45, 2.75) is 40.3 Å². The molecule has 0 bridgehead atoms. The molecule has 2 aromatic carbocycles. The summed E-state index contributed by atoms with van der Waals surface area (Å²) in [5, 5.41) is 3.43. The van der Waals surface area contributed by atoms with Crippen molar-refractivity contribution in [3.05, 3.63) is 64.7 Å². The minimum absolute atomic E-state index is 0.375. The fraction of sp³-hybridized carbons (Fsp3) is 0.368. The molecule has 0 saturated carbocycles. The SMILES string of the molecule is CCNC(C)c1ccc(OCc2ccc(C)cc2)c(C)c1. The van der Waals surface area contributed by atoms with Crippen LogP contribution in [0, 0.1) is 13.8 Å². The summed E-state index contributed by atoms with van der Waals surface area (Å²) in [6, 6.07) is 15.3. The second-order valence-corrected chi connectivity index (χ2v) is 5.58. The Morgan fingerprint density at radius 2 is 1.76 bits per heavy atom. The van der Waals surface area contributed by atoms with E-state index in [9.17, 15) is 0 Å². The van der Waals surface area contributed by atoms with Gasteiger partial charge in [0.1, 0.15) is 12.4 Å². The van der Waals surface area contributed by atoms with Crippen molar-refractivity contribution < 1.29 is 4.74 Å². The molecule has 2 nitrogen and oxygen atoms in total. The van der Waals surface area contributed by atoms with E-state index in [1.807, 2.05) is 0 Å². The zero-order valence-electron chi connectivity index (χ0n) is 13.4. The molecule has 1 atom stereocenters. The lowest BCUT2D eigenvalue weighted by Crippen LogP contribution is -2.17. The van der Waals surface area contributed by atoms with Crippen molar-refractivity contribution in [1.82, 2.24) is 5.32 Å². The number of hydrogen-bond donors (Lipinski definition) is 1. The second kappa shape index (κ2) is 7.28. The highest BCUT2D eigenvalue weighted by molar-refractivity contribution is 5.37. The quantitative estimate of drug-likeness (QED) is 0.839. The van der Waals surface area contributed by atoms with Crippen molar-refractivity contribution in [2.75, 3.05) is 6.54 Å². The first-order valence-electron chi connectivity index (χ1n) is 7.62. The van der Waals surface area contributed by atoms with E-state index in [4.69, 9.17) is 4.74 Å². The van der Waals surface area contributed by atoms with Crippen LogP contribution in [0.5, 0.6) is 5.75 Å². The maximum Gasteiger partial charge on any atom is 0.122 e. The van der Waals surface area contributed by atoms with Gasteiger partial charge >= 0.3 is 0 Å². The number of ether oxygens (including phenoxy) is 1. The average molecular weight is 283 g/mol. The molecule has 0 spiro atoms. The van der Waals surface area contributed by atoms with Crippen LogP contribution < -0.4 is 10.1 Å². The van der Waals surface area contributed by atoms with E-state index in [1.165, 1.54) is 22.3 Å². The first-order valence-corrected chi connectivity index (χ1v) is 7.62. The van der Waals surface area contributed by atoms with E-state index in [2.05, 4.69) is 75.5 Å². The topological polar surface area (TPSA) is 21.3 Å². The number of hydrogen-bond acceptors (Lipinski definition) is 2. The average Bonchev–Trinajstić information content (AvgIpc) is 2.48. The lowest BCUT2D eigenvalue weighted by Gasteiger charge is -2.15. The van der Waals surface area contributed by atoms with Gasteiger partial charge in [0, 0.05) is 6.04 Å². The Morgan fingerprint density at radius 1 is 1.05 bits per heavy atom. The molecule has 2 rings (SSSR count). The van der Waals surface area contributed by atoms with Crippen molar-refractivity contribution in [1.29, 1.82) is 0 Å². The van der Waals surface area contributed by atoms with Crippen molar-refractivity contribution in [3.8, 4) is 5.75 Å². The van der Waals surface area contributed by atoms with Gasteiger partial charge in [0.25, 0.3) is 0 Å². The Kier molecular flexibility index (Phi) is 5.40. The molecule has 0 aliphatic rings. The maximum absolute atomic E-state index is 5.94. The Morgan fingerprint density at radius 3 is 2.38 bits per heavy atom. The van der Waals surface area contributed by atoms with E-state index in [0.717, 1.165) is 12.3 Å². The molecule has 1 N–H and O–H groups in total. The fourth-order valence-corrected chi connectivity index (χ4v) is 2.37. The molecular weight excluding hydrogens is 258 g/mol. The largest absolute Gasteiger partial charge is 0.489 e. The van der Waals surface area contributed by atoms with Crippen molar-refractivity contribution in [2.24, 2.45) is 0 Å². The molecule has 0 aliphatic carbocycles. The van der Waals surface area contributed by atoms with Crippen LogP contribution >= 0.6 is 0 Å². The molecule has 112 valence electrons. The summed E-state index contributed by atoms with van der Waals surface area (Å²) in [5.74, 6) is 0.961. The van der Waals surface area contributed by atoms with Gasteiger partial charge in [-0.1, -0.05) is 48.9 Å². The van der Waals surface area contributed by atoms with Gasteiger partial charge in [-0.15, -0.1) is 0 Å². The number of aryl methyl sites for hydroxylation is 2. The van der Waals surface area contributed by atoms with Gasteiger partial charge in [0.2, 0.25) is 0 Å². The molecule has 0 fully saturated rings. The lowest BCUT2D eigenvalue weighted by molar-refractivity contribution is 0.304. The van der Waals surface area contributed by atoms with E-state index in [0.29, 0.717) is 12.6 Å². The van der Waals surface area contributed by atoms with Crippen molar-refractivity contribution in [3.63, 3.8) is 0 Å². The fourth-order valence-electron chi connectivity index (χ4n) is 2.37. The summed E-state index contributed by atoms with van der Waals surface area (Å²) >= 11 is 0. The number of nitrogens with one attached hydrogen (secondary N) is 1. The van der Waals surface area contributed by atoms with Crippen LogP contribution in [0.4, 0.5) is 0 Å². The highest BCUT2D eigenvalue weighted by atomic mass is 16.5. The number of rotatable bonds is 6. The van der Waals surface area contributed by atoms with Crippen LogP contribution in [0.25, 0.3) is 0 Å². The zero-order valence-corrected chi connectivity index (χ0v) is 13.4. The highest BCUT2D eigenvalue weighted by Crippen LogP contribution is 2.23. The van der Waals surface area contributed by atoms with E-state index < -0.39 is 0 Å². The second-order valence-electron chi connectivity index (χ2n) is 5.58. The summed E-state index contributed by atoms with van der Waals surface area (Å²) < 4.78 is 5.94. The molecule has 0 aromatic heterocycles. The predicted octanol–water partition coefficient (Wildman–Crippen LogP) is 4.55. The summed E-state index contributed by atoms with van der Waals surface area (Å²) in [7, 11) is 0. The molecule has 0 heterocycles. The van der Waals surface area contributed by atoms with E-state index in [-0.39, 0.29) is 0 Å². The Bertz CT molecular complexity index is 575. The third-order valence-corrected chi connectivity index (χ3v) is 3.72. The summed E-state index contributed by atoms with van der Waals surface area (Å²) in [5.41, 5.74) is 4.96. The molecular formula is C19H25NO. The first-order chi connectivity index (χ1) is 10.1. The summed E-state index contributed by atoms with van der Waals surface area (Å²) in [6.07, 6.45) is 0. The normalized spacial score (nSPS) is 12.2. The minimum atomic E-state index is 0.375. The molecule has 0 saturated heterocycles. The zero-order chi connectivity index (χ0) is 15.2. The smallest absolute Gasteiger partial charge is 0.122 e. The van der Waals surface area contributed by atoms with Crippen LogP contribution in [0.1, 0.15) is 42.1 Å². The van der Waals surface area contributed by atoms with Gasteiger partial charge in [0.05, 0.1) is 0 Å². The third-order valence-electron chi connectivity index (χ3n) is 3.72. The predicted molar refractivity (Wildman–Crippen MR) is 88.8 cm³/mol. The van der Waals surface area contributed by atoms with Crippen LogP contribution in [0.15, 0.2) is 42.5 Å². The highest BCUT2D eigenvalue weighted by Gasteiger charge is 2.07. The van der Waals surface area contributed by atoms with Gasteiger partial charge in [-0.05, 0) is 50.1 Å². The Labute approximate surface area is 128 Å². The molecule has 21 heavy (non-hydrogen) atoms. The van der Waals surface area contributed by atoms with Gasteiger partial charge < -0.3 is 10.1 Å². The van der Waals surface area contributed by atoms with E-state index in [1.54, 1.807) is 0 Å². The van der Waals surface area contributed by atoms with Crippen LogP contribution in [0.3, 0.4) is 0 Å². The summed E-state index contributed by atoms with van der Waals surface area (Å²) in [4.78, 5) is 0. The van der Waals surface area contributed by atoms with Gasteiger partial charge in [-0.2, -0.15) is 0 Å². The van der Waals surface area contributed by atoms with Crippen molar-refractivity contribution >= 4 is 0 Å². The maximum atomic E-state index is 5.94. The third kappa shape index (κ3) is 4.33. The monoisotopic (exact) mass is 283 g/mol. The minimum Gasteiger partial charge on any atom is -0.489 e. The van der Waals surface area contributed by atoms with Crippen LogP contribution in [-0.4, -0.2) is 6.54 Å². The number of benzene rings is 2. The summed E-state index contributed by atoms with van der Waals surface area (Å²) in [6.45, 7) is 10.1. The van der Waals surface area contributed by atoms with Gasteiger partial charge in [-0.3, -0.25) is 0 Å². The Balaban J connectivity index is 2.02. The standard InChI is InChI=1S/C19H25NO/c1-5-20-16(4)18-10-11-19(15(3)12-18)21-13-17-8-6-14(2)7-9-17/h6-12,16,20H,5,13H2,1-4H3. The van der Waals surface area contributed by atoms with Crippen LogP contribution in [0.2, 0.25) is 0 Å². The van der Waals surface area contributed by atoms with Gasteiger partial charge in [-0.25, -0.2) is 0 Å². The molecule has 0 radical (unpaired) electrons. The Hall–Kier alpha value is -1.80. The molecule has 0 aliphatic heterocycles. The molecule has 2 heteroatoms. The molecule has 2 aromatic rings. The molecule has 0 amide bonds. The first kappa shape index (κ1) is 15.6. The van der Waals surface area contributed by atoms with Crippen LogP contribution in [-0.2, 0) is 6.61 Å². The lowest BCUT2D eigenvalue weighted by atomic mass is 10.0. The van der Waals surface area contributed by atoms with Gasteiger partial charge in [0.15, 0.2) is 0 Å². The van der Waals surface area contributed by atoms with E-state index >= 15 is 0 Å². The molecule has 1 unspecified atom stereocenters.